The summed E-state index contributed by atoms with van der Waals surface area (Å²) in [4.78, 5) is 14.1. The van der Waals surface area contributed by atoms with Crippen molar-refractivity contribution >= 4 is 30.7 Å². The molecule has 144 valence electrons. The van der Waals surface area contributed by atoms with Crippen LogP contribution < -0.4 is 11.1 Å². The van der Waals surface area contributed by atoms with Gasteiger partial charge in [0.05, 0.1) is 6.04 Å². The Bertz CT molecular complexity index is 540. The molecule has 0 spiro atoms. The lowest BCUT2D eigenvalue weighted by Gasteiger charge is -2.27. The molecule has 1 aliphatic rings. The monoisotopic (exact) mass is 397 g/mol. The van der Waals surface area contributed by atoms with Crippen LogP contribution in [0.1, 0.15) is 30.9 Å². The SMILES string of the molecule is CN(C)C(CNC(=O)[C@@H]1CCC[C@@H]1CN)c1c(F)cccc1F.Cl.Cl. The molecule has 25 heavy (non-hydrogen) atoms. The Labute approximate surface area is 160 Å². The number of carbonyl (C=O) groups is 1. The summed E-state index contributed by atoms with van der Waals surface area (Å²) in [5.74, 6) is -1.15. The number of rotatable bonds is 6. The molecule has 3 N–H and O–H groups in total. The zero-order valence-electron chi connectivity index (χ0n) is 14.5. The van der Waals surface area contributed by atoms with Gasteiger partial charge in [-0.15, -0.1) is 24.8 Å². The van der Waals surface area contributed by atoms with E-state index in [2.05, 4.69) is 5.32 Å². The molecule has 0 saturated heterocycles. The summed E-state index contributed by atoms with van der Waals surface area (Å²) in [5, 5.41) is 2.85. The summed E-state index contributed by atoms with van der Waals surface area (Å²) in [6.45, 7) is 0.661. The smallest absolute Gasteiger partial charge is 0.223 e. The minimum absolute atomic E-state index is 0. The predicted octanol–water partition coefficient (Wildman–Crippen LogP) is 2.90. The maximum Gasteiger partial charge on any atom is 0.223 e. The van der Waals surface area contributed by atoms with Gasteiger partial charge in [-0.2, -0.15) is 0 Å². The van der Waals surface area contributed by atoms with Crippen molar-refractivity contribution in [3.05, 3.63) is 35.4 Å². The lowest BCUT2D eigenvalue weighted by Crippen LogP contribution is -2.40. The summed E-state index contributed by atoms with van der Waals surface area (Å²) in [7, 11) is 3.47. The zero-order valence-corrected chi connectivity index (χ0v) is 16.1. The second-order valence-corrected chi connectivity index (χ2v) is 6.39. The number of hydrogen-bond donors (Lipinski definition) is 2. The minimum Gasteiger partial charge on any atom is -0.354 e. The highest BCUT2D eigenvalue weighted by molar-refractivity contribution is 5.85. The Morgan fingerprint density at radius 2 is 1.88 bits per heavy atom. The highest BCUT2D eigenvalue weighted by Crippen LogP contribution is 2.31. The zero-order chi connectivity index (χ0) is 17.0. The topological polar surface area (TPSA) is 58.4 Å². The summed E-state index contributed by atoms with van der Waals surface area (Å²) in [6.07, 6.45) is 2.79. The molecule has 1 amide bonds. The maximum absolute atomic E-state index is 14.0. The van der Waals surface area contributed by atoms with E-state index >= 15 is 0 Å². The molecule has 1 fully saturated rings. The van der Waals surface area contributed by atoms with Gasteiger partial charge in [0.1, 0.15) is 11.6 Å². The van der Waals surface area contributed by atoms with Crippen LogP contribution in [0.25, 0.3) is 0 Å². The molecular weight excluding hydrogens is 371 g/mol. The van der Waals surface area contributed by atoms with Gasteiger partial charge in [0.2, 0.25) is 5.91 Å². The van der Waals surface area contributed by atoms with Crippen LogP contribution in [0, 0.1) is 23.5 Å². The van der Waals surface area contributed by atoms with Crippen LogP contribution in [0.15, 0.2) is 18.2 Å². The van der Waals surface area contributed by atoms with Gasteiger partial charge in [-0.1, -0.05) is 12.5 Å². The van der Waals surface area contributed by atoms with Gasteiger partial charge >= 0.3 is 0 Å². The van der Waals surface area contributed by atoms with Crippen LogP contribution >= 0.6 is 24.8 Å². The number of hydrogen-bond acceptors (Lipinski definition) is 3. The first-order valence-electron chi connectivity index (χ1n) is 8.03. The molecule has 2 rings (SSSR count). The normalized spacial score (nSPS) is 20.6. The van der Waals surface area contributed by atoms with E-state index in [9.17, 15) is 13.6 Å². The van der Waals surface area contributed by atoms with E-state index in [0.717, 1.165) is 19.3 Å². The molecule has 8 heteroatoms. The Kier molecular flexibility index (Phi) is 10.5. The van der Waals surface area contributed by atoms with E-state index in [1.54, 1.807) is 19.0 Å². The third-order valence-electron chi connectivity index (χ3n) is 4.72. The standard InChI is InChI=1S/C17H25F2N3O.2ClH/c1-22(2)15(16-13(18)7-4-8-14(16)19)10-21-17(23)12-6-3-5-11(12)9-20;;/h4,7-8,11-12,15H,3,5-6,9-10,20H2,1-2H3,(H,21,23);2*1H/t11-,12-,15?;;/m1../s1. The number of halogens is 4. The van der Waals surface area contributed by atoms with E-state index in [1.165, 1.54) is 18.2 Å². The highest BCUT2D eigenvalue weighted by atomic mass is 35.5. The van der Waals surface area contributed by atoms with Gasteiger partial charge in [0.25, 0.3) is 0 Å². The molecule has 1 aliphatic carbocycles. The van der Waals surface area contributed by atoms with Crippen LogP contribution in [-0.2, 0) is 4.79 Å². The van der Waals surface area contributed by atoms with Crippen LogP contribution in [0.4, 0.5) is 8.78 Å². The third kappa shape index (κ3) is 5.78. The lowest BCUT2D eigenvalue weighted by atomic mass is 9.95. The molecule has 1 aromatic carbocycles. The van der Waals surface area contributed by atoms with Crippen molar-refractivity contribution in [2.75, 3.05) is 27.2 Å². The average Bonchev–Trinajstić information content (AvgIpc) is 2.98. The van der Waals surface area contributed by atoms with Gasteiger partial charge < -0.3 is 16.0 Å². The van der Waals surface area contributed by atoms with E-state index in [0.29, 0.717) is 6.54 Å². The largest absolute Gasteiger partial charge is 0.354 e. The van der Waals surface area contributed by atoms with Crippen LogP contribution in [0.5, 0.6) is 0 Å². The Morgan fingerprint density at radius 3 is 2.40 bits per heavy atom. The van der Waals surface area contributed by atoms with Crippen molar-refractivity contribution < 1.29 is 13.6 Å². The fraction of sp³-hybridized carbons (Fsp3) is 0.588. The van der Waals surface area contributed by atoms with Gasteiger partial charge in [0.15, 0.2) is 0 Å². The number of carbonyl (C=O) groups excluding carboxylic acids is 1. The first kappa shape index (κ1) is 24.1. The summed E-state index contributed by atoms with van der Waals surface area (Å²) >= 11 is 0. The number of nitrogens with zero attached hydrogens (tertiary/aromatic N) is 1. The quantitative estimate of drug-likeness (QED) is 0.775. The molecule has 0 aliphatic heterocycles. The van der Waals surface area contributed by atoms with Crippen LogP contribution in [0.2, 0.25) is 0 Å². The van der Waals surface area contributed by atoms with E-state index in [-0.39, 0.29) is 54.7 Å². The fourth-order valence-corrected chi connectivity index (χ4v) is 3.36. The number of nitrogens with one attached hydrogen (secondary N) is 1. The second-order valence-electron chi connectivity index (χ2n) is 6.39. The van der Waals surface area contributed by atoms with Crippen molar-refractivity contribution in [2.24, 2.45) is 17.6 Å². The average molecular weight is 398 g/mol. The predicted molar refractivity (Wildman–Crippen MR) is 100 cm³/mol. The van der Waals surface area contributed by atoms with Crippen molar-refractivity contribution in [1.29, 1.82) is 0 Å². The molecule has 1 unspecified atom stereocenters. The van der Waals surface area contributed by atoms with E-state index < -0.39 is 17.7 Å². The van der Waals surface area contributed by atoms with E-state index in [1.807, 2.05) is 0 Å². The van der Waals surface area contributed by atoms with E-state index in [4.69, 9.17) is 5.73 Å². The Morgan fingerprint density at radius 1 is 1.28 bits per heavy atom. The lowest BCUT2D eigenvalue weighted by molar-refractivity contribution is -0.126. The highest BCUT2D eigenvalue weighted by Gasteiger charge is 2.32. The Balaban J connectivity index is 0.00000288. The first-order chi connectivity index (χ1) is 11.0. The first-order valence-corrected chi connectivity index (χ1v) is 8.03. The number of amides is 1. The van der Waals surface area contributed by atoms with Gasteiger partial charge in [0, 0.05) is 18.0 Å². The molecule has 3 atom stereocenters. The second kappa shape index (κ2) is 10.9. The molecule has 0 aromatic heterocycles. The van der Waals surface area contributed by atoms with Crippen molar-refractivity contribution in [1.82, 2.24) is 10.2 Å². The fourth-order valence-electron chi connectivity index (χ4n) is 3.36. The molecular formula is C17H27Cl2F2N3O. The number of nitrogens with two attached hydrogens (primary N) is 1. The molecule has 4 nitrogen and oxygen atoms in total. The summed E-state index contributed by atoms with van der Waals surface area (Å²) in [5.41, 5.74) is 5.70. The molecule has 0 radical (unpaired) electrons. The molecule has 0 bridgehead atoms. The summed E-state index contributed by atoms with van der Waals surface area (Å²) < 4.78 is 28.0. The van der Waals surface area contributed by atoms with Gasteiger partial charge in [-0.05, 0) is 51.5 Å². The van der Waals surface area contributed by atoms with Gasteiger partial charge in [-0.25, -0.2) is 8.78 Å². The summed E-state index contributed by atoms with van der Waals surface area (Å²) in [6, 6.07) is 3.25. The molecule has 0 heterocycles. The molecule has 1 aromatic rings. The van der Waals surface area contributed by atoms with Crippen molar-refractivity contribution in [3.63, 3.8) is 0 Å². The van der Waals surface area contributed by atoms with Gasteiger partial charge in [-0.3, -0.25) is 4.79 Å². The number of benzene rings is 1. The van der Waals surface area contributed by atoms with Crippen LogP contribution in [0.3, 0.4) is 0 Å². The minimum atomic E-state index is -0.598. The Hall–Kier alpha value is -0.950. The van der Waals surface area contributed by atoms with Crippen molar-refractivity contribution in [2.45, 2.75) is 25.3 Å². The maximum atomic E-state index is 14.0. The number of likely N-dealkylation sites (N-methyl/N-ethyl adjacent to an activating group) is 1. The third-order valence-corrected chi connectivity index (χ3v) is 4.72. The molecule has 1 saturated carbocycles. The van der Waals surface area contributed by atoms with Crippen molar-refractivity contribution in [3.8, 4) is 0 Å². The van der Waals surface area contributed by atoms with Crippen LogP contribution in [-0.4, -0.2) is 38.0 Å².